The second-order valence-electron chi connectivity index (χ2n) is 24.1. The maximum atomic E-state index is 12.9. The van der Waals surface area contributed by atoms with Crippen LogP contribution in [0.3, 0.4) is 0 Å². The van der Waals surface area contributed by atoms with Crippen LogP contribution in [0.1, 0.15) is 367 Å². The molecular weight excluding hydrogens is 1020 g/mol. The number of hydrogen-bond acceptors (Lipinski definition) is 6. The molecule has 0 aromatic carbocycles. The summed E-state index contributed by atoms with van der Waals surface area (Å²) in [4.78, 5) is 38.4. The predicted octanol–water partition coefficient (Wildman–Crippen LogP) is 25.0. The minimum atomic E-state index is -0.780. The third-order valence-corrected chi connectivity index (χ3v) is 15.9. The van der Waals surface area contributed by atoms with Crippen molar-refractivity contribution in [3.05, 3.63) is 85.1 Å². The van der Waals surface area contributed by atoms with E-state index in [1.807, 2.05) is 0 Å². The van der Waals surface area contributed by atoms with Gasteiger partial charge in [-0.1, -0.05) is 324 Å². The maximum absolute atomic E-state index is 12.9. The minimum absolute atomic E-state index is 0.0756. The van der Waals surface area contributed by atoms with E-state index in [0.717, 1.165) is 96.3 Å². The first-order chi connectivity index (χ1) is 41.0. The van der Waals surface area contributed by atoms with Gasteiger partial charge in [0.25, 0.3) is 0 Å². The summed E-state index contributed by atoms with van der Waals surface area (Å²) in [7, 11) is 0. The molecule has 0 aromatic rings. The van der Waals surface area contributed by atoms with Crippen molar-refractivity contribution in [1.82, 2.24) is 0 Å². The van der Waals surface area contributed by atoms with Gasteiger partial charge in [-0.05, 0) is 109 Å². The Kier molecular flexibility index (Phi) is 68.2. The number of ether oxygens (including phenoxy) is 3. The number of rotatable bonds is 66. The molecule has 0 fully saturated rings. The van der Waals surface area contributed by atoms with E-state index in [4.69, 9.17) is 14.2 Å². The number of unbranched alkanes of at least 4 members (excludes halogenated alkanes) is 41. The molecule has 480 valence electrons. The molecule has 0 rings (SSSR count). The lowest BCUT2D eigenvalue weighted by atomic mass is 10.0. The predicted molar refractivity (Wildman–Crippen MR) is 362 cm³/mol. The van der Waals surface area contributed by atoms with Crippen LogP contribution in [0.2, 0.25) is 0 Å². The van der Waals surface area contributed by atoms with Gasteiger partial charge >= 0.3 is 17.9 Å². The molecule has 0 amide bonds. The molecule has 1 unspecified atom stereocenters. The Morgan fingerprint density at radius 2 is 0.482 bits per heavy atom. The molecule has 0 saturated heterocycles. The van der Waals surface area contributed by atoms with E-state index < -0.39 is 6.10 Å². The van der Waals surface area contributed by atoms with E-state index in [-0.39, 0.29) is 31.1 Å². The molecule has 0 aromatic heterocycles. The topological polar surface area (TPSA) is 78.9 Å². The van der Waals surface area contributed by atoms with E-state index in [1.54, 1.807) is 0 Å². The highest BCUT2D eigenvalue weighted by molar-refractivity contribution is 5.71. The molecule has 1 atom stereocenters. The Morgan fingerprint density at radius 1 is 0.253 bits per heavy atom. The van der Waals surface area contributed by atoms with Crippen molar-refractivity contribution in [3.8, 4) is 0 Å². The Morgan fingerprint density at radius 3 is 0.783 bits per heavy atom. The van der Waals surface area contributed by atoms with Crippen LogP contribution in [0.15, 0.2) is 85.1 Å². The van der Waals surface area contributed by atoms with Gasteiger partial charge in [-0.3, -0.25) is 14.4 Å². The summed E-state index contributed by atoms with van der Waals surface area (Å²) in [5.41, 5.74) is 0. The largest absolute Gasteiger partial charge is 0.462 e. The highest BCUT2D eigenvalue weighted by Gasteiger charge is 2.19. The third-order valence-electron chi connectivity index (χ3n) is 15.9. The first-order valence-corrected chi connectivity index (χ1v) is 36.1. The number of allylic oxidation sites excluding steroid dienone is 14. The molecule has 83 heavy (non-hydrogen) atoms. The van der Waals surface area contributed by atoms with Crippen molar-refractivity contribution in [1.29, 1.82) is 0 Å². The summed E-state index contributed by atoms with van der Waals surface area (Å²) in [6.07, 6.45) is 94.8. The van der Waals surface area contributed by atoms with Gasteiger partial charge in [0, 0.05) is 19.3 Å². The first kappa shape index (κ1) is 79.6. The second kappa shape index (κ2) is 71.1. The number of carbonyl (C=O) groups is 3. The van der Waals surface area contributed by atoms with Crippen LogP contribution < -0.4 is 0 Å². The lowest BCUT2D eigenvalue weighted by Gasteiger charge is -2.18. The number of hydrogen-bond donors (Lipinski definition) is 0. The molecule has 6 heteroatoms. The van der Waals surface area contributed by atoms with Gasteiger partial charge in [0.1, 0.15) is 13.2 Å². The zero-order valence-corrected chi connectivity index (χ0v) is 55.2. The van der Waals surface area contributed by atoms with Crippen LogP contribution in [0.25, 0.3) is 0 Å². The van der Waals surface area contributed by atoms with Crippen LogP contribution in [0.5, 0.6) is 0 Å². The smallest absolute Gasteiger partial charge is 0.306 e. The lowest BCUT2D eigenvalue weighted by Crippen LogP contribution is -2.30. The van der Waals surface area contributed by atoms with Crippen LogP contribution in [-0.4, -0.2) is 37.2 Å². The van der Waals surface area contributed by atoms with Crippen LogP contribution in [-0.2, 0) is 28.6 Å². The van der Waals surface area contributed by atoms with E-state index in [9.17, 15) is 14.4 Å². The molecule has 0 saturated carbocycles. The molecule has 0 heterocycles. The van der Waals surface area contributed by atoms with Crippen molar-refractivity contribution in [2.45, 2.75) is 374 Å². The molecule has 0 radical (unpaired) electrons. The summed E-state index contributed by atoms with van der Waals surface area (Å²) in [6, 6.07) is 0. The van der Waals surface area contributed by atoms with Crippen molar-refractivity contribution in [3.63, 3.8) is 0 Å². The Labute approximate surface area is 515 Å². The zero-order valence-electron chi connectivity index (χ0n) is 55.2. The van der Waals surface area contributed by atoms with Gasteiger partial charge in [0.2, 0.25) is 0 Å². The lowest BCUT2D eigenvalue weighted by molar-refractivity contribution is -0.167. The molecule has 0 aliphatic rings. The summed E-state index contributed by atoms with van der Waals surface area (Å²) in [6.45, 7) is 6.53. The average molecular weight is 1160 g/mol. The van der Waals surface area contributed by atoms with Crippen molar-refractivity contribution >= 4 is 17.9 Å². The Bertz CT molecular complexity index is 1570. The van der Waals surface area contributed by atoms with Crippen molar-refractivity contribution in [2.24, 2.45) is 0 Å². The maximum Gasteiger partial charge on any atom is 0.306 e. The van der Waals surface area contributed by atoms with Gasteiger partial charge in [-0.15, -0.1) is 0 Å². The standard InChI is InChI=1S/C77H136O6/c1-4-7-10-13-16-19-22-24-26-28-30-32-33-34-35-36-37-38-39-40-41-42-43-45-46-48-50-52-55-58-61-64-67-70-76(79)82-73-74(72-81-75(78)69-66-63-60-57-54-21-18-15-12-9-6-3)83-77(80)71-68-65-62-59-56-53-51-49-47-44-31-29-27-25-23-20-17-14-11-8-5-2/h7,10,15-16,18-19,24,26,29-32,34-35,74H,4-6,8-9,11-14,17,20-23,25,27-28,33,36-73H2,1-3H3/b10-7-,18-15-,19-16-,26-24-,31-29-,32-30-,35-34-. The minimum Gasteiger partial charge on any atom is -0.462 e. The van der Waals surface area contributed by atoms with Crippen LogP contribution in [0.4, 0.5) is 0 Å². The van der Waals surface area contributed by atoms with E-state index >= 15 is 0 Å². The summed E-state index contributed by atoms with van der Waals surface area (Å²) >= 11 is 0. The van der Waals surface area contributed by atoms with Gasteiger partial charge in [0.05, 0.1) is 0 Å². The fourth-order valence-corrected chi connectivity index (χ4v) is 10.4. The first-order valence-electron chi connectivity index (χ1n) is 36.1. The fourth-order valence-electron chi connectivity index (χ4n) is 10.4. The van der Waals surface area contributed by atoms with Crippen molar-refractivity contribution in [2.75, 3.05) is 13.2 Å². The Balaban J connectivity index is 4.14. The second-order valence-corrected chi connectivity index (χ2v) is 24.1. The van der Waals surface area contributed by atoms with Crippen molar-refractivity contribution < 1.29 is 28.6 Å². The van der Waals surface area contributed by atoms with Gasteiger partial charge < -0.3 is 14.2 Å². The Hall–Kier alpha value is -3.41. The molecule has 0 bridgehead atoms. The number of esters is 3. The molecular formula is C77H136O6. The van der Waals surface area contributed by atoms with Crippen LogP contribution >= 0.6 is 0 Å². The average Bonchev–Trinajstić information content (AvgIpc) is 3.48. The molecule has 0 N–H and O–H groups in total. The normalized spacial score (nSPS) is 12.6. The monoisotopic (exact) mass is 1160 g/mol. The molecule has 6 nitrogen and oxygen atoms in total. The summed E-state index contributed by atoms with van der Waals surface area (Å²) < 4.78 is 17.0. The summed E-state index contributed by atoms with van der Waals surface area (Å²) in [5.74, 6) is -0.868. The zero-order chi connectivity index (χ0) is 59.9. The molecule has 0 spiro atoms. The van der Waals surface area contributed by atoms with Gasteiger partial charge in [0.15, 0.2) is 6.10 Å². The van der Waals surface area contributed by atoms with E-state index in [1.165, 1.54) is 231 Å². The van der Waals surface area contributed by atoms with Gasteiger partial charge in [-0.25, -0.2) is 0 Å². The molecule has 0 aliphatic carbocycles. The quantitative estimate of drug-likeness (QED) is 0.0261. The van der Waals surface area contributed by atoms with E-state index in [0.29, 0.717) is 19.3 Å². The SMILES string of the molecule is CC/C=C\C/C=C\C/C=C\C/C=C\C/C=C\CCCCCCCCCCCCCCCCCCCC(=O)OCC(COC(=O)CCCCCCC/C=C\CCCC)OC(=O)CCCCCCCCCCC/C=C\CCCCCCCCCC. The highest BCUT2D eigenvalue weighted by Crippen LogP contribution is 2.18. The summed E-state index contributed by atoms with van der Waals surface area (Å²) in [5, 5.41) is 0. The highest BCUT2D eigenvalue weighted by atomic mass is 16.6. The number of carbonyl (C=O) groups excluding carboxylic acids is 3. The fraction of sp³-hybridized carbons (Fsp3) is 0.779. The van der Waals surface area contributed by atoms with Crippen LogP contribution in [0, 0.1) is 0 Å². The van der Waals surface area contributed by atoms with Gasteiger partial charge in [-0.2, -0.15) is 0 Å². The third kappa shape index (κ3) is 69.3. The molecule has 0 aliphatic heterocycles. The van der Waals surface area contributed by atoms with E-state index in [2.05, 4.69) is 106 Å².